The zero-order valence-electron chi connectivity index (χ0n) is 15.2. The highest BCUT2D eigenvalue weighted by Crippen LogP contribution is 2.17. The van der Waals surface area contributed by atoms with Gasteiger partial charge in [-0.2, -0.15) is 5.26 Å². The second-order valence-electron chi connectivity index (χ2n) is 6.59. The van der Waals surface area contributed by atoms with Gasteiger partial charge in [0, 0.05) is 6.04 Å². The third-order valence-electron chi connectivity index (χ3n) is 4.37. The Balaban J connectivity index is 1.60. The summed E-state index contributed by atoms with van der Waals surface area (Å²) in [6, 6.07) is 18.3. The van der Waals surface area contributed by atoms with E-state index >= 15 is 0 Å². The number of benzene rings is 2. The summed E-state index contributed by atoms with van der Waals surface area (Å²) in [7, 11) is -3.09. The molecule has 1 N–H and O–H groups in total. The molecule has 0 aliphatic carbocycles. The van der Waals surface area contributed by atoms with Crippen LogP contribution in [0, 0.1) is 11.3 Å². The maximum atomic E-state index is 12.3. The average Bonchev–Trinajstić information content (AvgIpc) is 3.04. The summed E-state index contributed by atoms with van der Waals surface area (Å²) in [6.07, 6.45) is 1.85. The lowest BCUT2D eigenvalue weighted by molar-refractivity contribution is -0.117. The van der Waals surface area contributed by atoms with Gasteiger partial charge in [-0.3, -0.25) is 4.79 Å². The standard InChI is InChI=1S/C21H20N2O4S/c22-13-18(21(24)23-19-10-11-28(25,26)15-19)12-16-6-8-20(9-7-16)27-14-17-4-2-1-3-5-17/h1-9,12,19H,10-11,14-15H2,(H,23,24). The Morgan fingerprint density at radius 3 is 2.50 bits per heavy atom. The summed E-state index contributed by atoms with van der Waals surface area (Å²) in [5, 5.41) is 11.9. The van der Waals surface area contributed by atoms with Gasteiger partial charge in [-0.25, -0.2) is 8.42 Å². The number of amides is 1. The van der Waals surface area contributed by atoms with E-state index in [0.717, 1.165) is 5.56 Å². The van der Waals surface area contributed by atoms with E-state index in [-0.39, 0.29) is 17.1 Å². The summed E-state index contributed by atoms with van der Waals surface area (Å²) in [5.74, 6) is 0.105. The molecule has 0 radical (unpaired) electrons. The van der Waals surface area contributed by atoms with Crippen molar-refractivity contribution >= 4 is 21.8 Å². The van der Waals surface area contributed by atoms with Crippen LogP contribution >= 0.6 is 0 Å². The molecule has 2 aromatic carbocycles. The van der Waals surface area contributed by atoms with Gasteiger partial charge in [-0.05, 0) is 35.8 Å². The van der Waals surface area contributed by atoms with Crippen molar-refractivity contribution in [3.8, 4) is 11.8 Å². The Morgan fingerprint density at radius 2 is 1.89 bits per heavy atom. The lowest BCUT2D eigenvalue weighted by Gasteiger charge is -2.10. The van der Waals surface area contributed by atoms with Gasteiger partial charge < -0.3 is 10.1 Å². The topological polar surface area (TPSA) is 96.3 Å². The smallest absolute Gasteiger partial charge is 0.262 e. The van der Waals surface area contributed by atoms with E-state index in [9.17, 15) is 18.5 Å². The van der Waals surface area contributed by atoms with Crippen LogP contribution < -0.4 is 10.1 Å². The van der Waals surface area contributed by atoms with E-state index in [2.05, 4.69) is 5.32 Å². The SMILES string of the molecule is N#CC(=Cc1ccc(OCc2ccccc2)cc1)C(=O)NC1CCS(=O)(=O)C1. The Morgan fingerprint density at radius 1 is 1.18 bits per heavy atom. The minimum atomic E-state index is -3.09. The predicted octanol–water partition coefficient (Wildman–Crippen LogP) is 2.48. The summed E-state index contributed by atoms with van der Waals surface area (Å²) < 4.78 is 28.7. The molecule has 3 rings (SSSR count). The first kappa shape index (κ1) is 19.6. The minimum absolute atomic E-state index is 0.0635. The monoisotopic (exact) mass is 396 g/mol. The van der Waals surface area contributed by atoms with Crippen molar-refractivity contribution in [1.82, 2.24) is 5.32 Å². The highest BCUT2D eigenvalue weighted by atomic mass is 32.2. The predicted molar refractivity (Wildman–Crippen MR) is 106 cm³/mol. The molecular weight excluding hydrogens is 376 g/mol. The molecule has 6 nitrogen and oxygen atoms in total. The Bertz CT molecular complexity index is 1010. The number of hydrogen-bond donors (Lipinski definition) is 1. The first-order valence-corrected chi connectivity index (χ1v) is 10.7. The molecule has 1 saturated heterocycles. The summed E-state index contributed by atoms with van der Waals surface area (Å²) >= 11 is 0. The van der Waals surface area contributed by atoms with Crippen LogP contribution in [0.25, 0.3) is 6.08 Å². The average molecular weight is 396 g/mol. The molecule has 1 fully saturated rings. The molecule has 1 heterocycles. The number of hydrogen-bond acceptors (Lipinski definition) is 5. The van der Waals surface area contributed by atoms with Crippen LogP contribution in [0.2, 0.25) is 0 Å². The van der Waals surface area contributed by atoms with Crippen LogP contribution in [0.15, 0.2) is 60.2 Å². The van der Waals surface area contributed by atoms with Crippen molar-refractivity contribution in [3.05, 3.63) is 71.3 Å². The van der Waals surface area contributed by atoms with Crippen molar-refractivity contribution < 1.29 is 17.9 Å². The number of nitriles is 1. The molecule has 1 amide bonds. The third-order valence-corrected chi connectivity index (χ3v) is 6.14. The molecule has 0 saturated carbocycles. The molecule has 28 heavy (non-hydrogen) atoms. The zero-order valence-corrected chi connectivity index (χ0v) is 16.0. The lowest BCUT2D eigenvalue weighted by Crippen LogP contribution is -2.36. The van der Waals surface area contributed by atoms with Gasteiger partial charge in [-0.15, -0.1) is 0 Å². The van der Waals surface area contributed by atoms with Gasteiger partial charge in [0.15, 0.2) is 9.84 Å². The van der Waals surface area contributed by atoms with Crippen LogP contribution in [-0.2, 0) is 21.2 Å². The number of sulfone groups is 1. The van der Waals surface area contributed by atoms with Crippen LogP contribution in [-0.4, -0.2) is 31.9 Å². The molecule has 1 unspecified atom stereocenters. The second kappa shape index (κ2) is 8.72. The molecule has 1 aliphatic heterocycles. The van der Waals surface area contributed by atoms with E-state index in [1.54, 1.807) is 24.3 Å². The fraction of sp³-hybridized carbons (Fsp3) is 0.238. The number of carbonyl (C=O) groups is 1. The van der Waals surface area contributed by atoms with Crippen molar-refractivity contribution in [2.45, 2.75) is 19.1 Å². The normalized spacial score (nSPS) is 18.2. The van der Waals surface area contributed by atoms with E-state index in [4.69, 9.17) is 4.74 Å². The quantitative estimate of drug-likeness (QED) is 0.598. The second-order valence-corrected chi connectivity index (χ2v) is 8.82. The van der Waals surface area contributed by atoms with Crippen molar-refractivity contribution in [2.24, 2.45) is 0 Å². The Hall–Kier alpha value is -3.11. The molecule has 0 aromatic heterocycles. The Kier molecular flexibility index (Phi) is 6.12. The maximum Gasteiger partial charge on any atom is 0.262 e. The number of carbonyl (C=O) groups excluding carboxylic acids is 1. The number of nitrogens with zero attached hydrogens (tertiary/aromatic N) is 1. The van der Waals surface area contributed by atoms with Crippen molar-refractivity contribution in [2.75, 3.05) is 11.5 Å². The molecule has 2 aromatic rings. The van der Waals surface area contributed by atoms with Crippen LogP contribution in [0.1, 0.15) is 17.5 Å². The summed E-state index contributed by atoms with van der Waals surface area (Å²) in [5.41, 5.74) is 1.67. The van der Waals surface area contributed by atoms with Crippen LogP contribution in [0.5, 0.6) is 5.75 Å². The van der Waals surface area contributed by atoms with Gasteiger partial charge in [0.25, 0.3) is 5.91 Å². The largest absolute Gasteiger partial charge is 0.489 e. The summed E-state index contributed by atoms with van der Waals surface area (Å²) in [4.78, 5) is 12.3. The fourth-order valence-electron chi connectivity index (χ4n) is 2.89. The maximum absolute atomic E-state index is 12.3. The molecule has 0 spiro atoms. The van der Waals surface area contributed by atoms with Crippen molar-refractivity contribution in [1.29, 1.82) is 5.26 Å². The summed E-state index contributed by atoms with van der Waals surface area (Å²) in [6.45, 7) is 0.451. The highest BCUT2D eigenvalue weighted by molar-refractivity contribution is 7.91. The number of nitrogens with one attached hydrogen (secondary N) is 1. The van der Waals surface area contributed by atoms with Gasteiger partial charge in [-0.1, -0.05) is 42.5 Å². The highest BCUT2D eigenvalue weighted by Gasteiger charge is 2.29. The zero-order chi connectivity index (χ0) is 20.0. The van der Waals surface area contributed by atoms with Gasteiger partial charge in [0.2, 0.25) is 0 Å². The van der Waals surface area contributed by atoms with Crippen LogP contribution in [0.3, 0.4) is 0 Å². The fourth-order valence-corrected chi connectivity index (χ4v) is 4.56. The molecule has 1 atom stereocenters. The van der Waals surface area contributed by atoms with E-state index in [1.807, 2.05) is 36.4 Å². The number of ether oxygens (including phenoxy) is 1. The number of rotatable bonds is 6. The Labute approximate surface area is 164 Å². The van der Waals surface area contributed by atoms with E-state index in [0.29, 0.717) is 24.3 Å². The van der Waals surface area contributed by atoms with Gasteiger partial charge in [0.1, 0.15) is 24.0 Å². The van der Waals surface area contributed by atoms with Crippen molar-refractivity contribution in [3.63, 3.8) is 0 Å². The first-order chi connectivity index (χ1) is 13.4. The lowest BCUT2D eigenvalue weighted by atomic mass is 10.1. The minimum Gasteiger partial charge on any atom is -0.489 e. The van der Waals surface area contributed by atoms with E-state index in [1.165, 1.54) is 6.08 Å². The molecule has 1 aliphatic rings. The first-order valence-electron chi connectivity index (χ1n) is 8.85. The van der Waals surface area contributed by atoms with Gasteiger partial charge >= 0.3 is 0 Å². The molecule has 7 heteroatoms. The van der Waals surface area contributed by atoms with Crippen LogP contribution in [0.4, 0.5) is 0 Å². The van der Waals surface area contributed by atoms with E-state index < -0.39 is 21.8 Å². The third kappa shape index (κ3) is 5.44. The van der Waals surface area contributed by atoms with Gasteiger partial charge in [0.05, 0.1) is 11.5 Å². The molecular formula is C21H20N2O4S. The molecule has 0 bridgehead atoms. The molecule has 144 valence electrons.